The van der Waals surface area contributed by atoms with Crippen LogP contribution >= 0.6 is 11.8 Å². The minimum atomic E-state index is -0.512. The number of piperazine rings is 1. The molecule has 0 bridgehead atoms. The highest BCUT2D eigenvalue weighted by Crippen LogP contribution is 2.24. The highest BCUT2D eigenvalue weighted by molar-refractivity contribution is 8.00. The molecule has 0 aliphatic carbocycles. The minimum absolute atomic E-state index is 0.0299. The lowest BCUT2D eigenvalue weighted by molar-refractivity contribution is -0.137. The van der Waals surface area contributed by atoms with E-state index in [4.69, 9.17) is 0 Å². The van der Waals surface area contributed by atoms with Gasteiger partial charge in [0.1, 0.15) is 11.9 Å². The van der Waals surface area contributed by atoms with Crippen LogP contribution in [0.5, 0.6) is 0 Å². The standard InChI is InChI=1S/C22H25FN4O2S/c23-18-7-2-1-5-16(18)13-20-21(28)25-19(15-30-20)22(29)27-11-9-26(10-12-27)14-17-6-3-4-8-24-17/h1-8,19-20H,9-15H2,(H,25,28)/t19-,20+/m1/s1. The topological polar surface area (TPSA) is 65.5 Å². The first-order valence-corrected chi connectivity index (χ1v) is 11.2. The summed E-state index contributed by atoms with van der Waals surface area (Å²) >= 11 is 1.43. The second-order valence-electron chi connectivity index (χ2n) is 7.60. The summed E-state index contributed by atoms with van der Waals surface area (Å²) in [6, 6.07) is 11.9. The SMILES string of the molecule is O=C1N[C@@H](C(=O)N2CCN(Cc3ccccn3)CC2)CS[C@H]1Cc1ccccc1F. The van der Waals surface area contributed by atoms with Gasteiger partial charge in [-0.3, -0.25) is 19.5 Å². The Hall–Kier alpha value is -2.45. The van der Waals surface area contributed by atoms with Gasteiger partial charge in [-0.25, -0.2) is 4.39 Å². The molecule has 0 unspecified atom stereocenters. The number of nitrogens with one attached hydrogen (secondary N) is 1. The van der Waals surface area contributed by atoms with E-state index in [-0.39, 0.29) is 22.9 Å². The van der Waals surface area contributed by atoms with Crippen LogP contribution in [0.3, 0.4) is 0 Å². The molecule has 2 atom stereocenters. The molecule has 1 aromatic carbocycles. The van der Waals surface area contributed by atoms with Crippen molar-refractivity contribution < 1.29 is 14.0 Å². The number of aromatic nitrogens is 1. The number of hydrogen-bond donors (Lipinski definition) is 1. The van der Waals surface area contributed by atoms with Crippen LogP contribution in [0.15, 0.2) is 48.7 Å². The van der Waals surface area contributed by atoms with E-state index in [9.17, 15) is 14.0 Å². The zero-order valence-corrected chi connectivity index (χ0v) is 17.5. The lowest BCUT2D eigenvalue weighted by Gasteiger charge is -2.37. The molecule has 2 fully saturated rings. The molecular weight excluding hydrogens is 403 g/mol. The van der Waals surface area contributed by atoms with E-state index in [2.05, 4.69) is 15.2 Å². The Morgan fingerprint density at radius 3 is 2.60 bits per heavy atom. The first-order chi connectivity index (χ1) is 14.6. The van der Waals surface area contributed by atoms with Crippen molar-refractivity contribution in [2.24, 2.45) is 0 Å². The Balaban J connectivity index is 1.26. The molecule has 2 aliphatic rings. The van der Waals surface area contributed by atoms with E-state index in [1.165, 1.54) is 17.8 Å². The van der Waals surface area contributed by atoms with Gasteiger partial charge < -0.3 is 10.2 Å². The summed E-state index contributed by atoms with van der Waals surface area (Å²) < 4.78 is 13.9. The number of halogens is 1. The molecule has 6 nitrogen and oxygen atoms in total. The van der Waals surface area contributed by atoms with Crippen molar-refractivity contribution in [3.05, 3.63) is 65.7 Å². The summed E-state index contributed by atoms with van der Waals surface area (Å²) in [5.74, 6) is -0.00956. The number of amides is 2. The Kier molecular flexibility index (Phi) is 6.64. The predicted octanol–water partition coefficient (Wildman–Crippen LogP) is 1.71. The second kappa shape index (κ2) is 9.57. The van der Waals surface area contributed by atoms with Crippen LogP contribution in [-0.2, 0) is 22.6 Å². The van der Waals surface area contributed by atoms with Crippen LogP contribution in [0.1, 0.15) is 11.3 Å². The van der Waals surface area contributed by atoms with Crippen molar-refractivity contribution in [3.8, 4) is 0 Å². The van der Waals surface area contributed by atoms with Gasteiger partial charge in [-0.2, -0.15) is 0 Å². The van der Waals surface area contributed by atoms with E-state index in [1.54, 1.807) is 24.4 Å². The zero-order chi connectivity index (χ0) is 20.9. The van der Waals surface area contributed by atoms with Crippen LogP contribution in [0.4, 0.5) is 4.39 Å². The summed E-state index contributed by atoms with van der Waals surface area (Å²) in [5, 5.41) is 2.48. The average molecular weight is 429 g/mol. The molecule has 0 spiro atoms. The molecule has 3 heterocycles. The van der Waals surface area contributed by atoms with Crippen molar-refractivity contribution in [1.82, 2.24) is 20.1 Å². The van der Waals surface area contributed by atoms with Crippen molar-refractivity contribution in [3.63, 3.8) is 0 Å². The Labute approximate surface area is 179 Å². The molecule has 30 heavy (non-hydrogen) atoms. The van der Waals surface area contributed by atoms with Gasteiger partial charge in [0.25, 0.3) is 0 Å². The van der Waals surface area contributed by atoms with Crippen LogP contribution < -0.4 is 5.32 Å². The molecule has 1 N–H and O–H groups in total. The molecule has 2 aliphatic heterocycles. The third kappa shape index (κ3) is 4.99. The fraction of sp³-hybridized carbons (Fsp3) is 0.409. The summed E-state index contributed by atoms with van der Waals surface area (Å²) in [5.41, 5.74) is 1.55. The smallest absolute Gasteiger partial charge is 0.246 e. The molecule has 0 radical (unpaired) electrons. The number of pyridine rings is 1. The van der Waals surface area contributed by atoms with Crippen molar-refractivity contribution in [2.45, 2.75) is 24.3 Å². The Morgan fingerprint density at radius 2 is 1.90 bits per heavy atom. The zero-order valence-electron chi connectivity index (χ0n) is 16.7. The maximum absolute atomic E-state index is 13.9. The summed E-state index contributed by atoms with van der Waals surface area (Å²) in [6.07, 6.45) is 2.12. The van der Waals surface area contributed by atoms with Gasteiger partial charge in [0.15, 0.2) is 0 Å². The average Bonchev–Trinajstić information content (AvgIpc) is 2.77. The van der Waals surface area contributed by atoms with Crippen LogP contribution in [0, 0.1) is 5.82 Å². The lowest BCUT2D eigenvalue weighted by atomic mass is 10.1. The van der Waals surface area contributed by atoms with Gasteiger partial charge in [0, 0.05) is 44.7 Å². The van der Waals surface area contributed by atoms with Gasteiger partial charge in [0.05, 0.1) is 10.9 Å². The molecule has 1 aromatic heterocycles. The van der Waals surface area contributed by atoms with E-state index in [0.717, 1.165) is 25.3 Å². The van der Waals surface area contributed by atoms with E-state index in [1.807, 2.05) is 23.1 Å². The molecule has 2 amide bonds. The van der Waals surface area contributed by atoms with Crippen LogP contribution in [-0.4, -0.2) is 69.8 Å². The van der Waals surface area contributed by atoms with Gasteiger partial charge in [-0.15, -0.1) is 11.8 Å². The molecule has 8 heteroatoms. The minimum Gasteiger partial charge on any atom is -0.343 e. The number of hydrogen-bond acceptors (Lipinski definition) is 5. The summed E-state index contributed by atoms with van der Waals surface area (Å²) in [4.78, 5) is 33.9. The van der Waals surface area contributed by atoms with Gasteiger partial charge in [-0.1, -0.05) is 24.3 Å². The molecule has 0 saturated carbocycles. The van der Waals surface area contributed by atoms with Gasteiger partial charge >= 0.3 is 0 Å². The molecule has 2 aromatic rings. The maximum atomic E-state index is 13.9. The predicted molar refractivity (Wildman–Crippen MR) is 114 cm³/mol. The van der Waals surface area contributed by atoms with Crippen molar-refractivity contribution in [2.75, 3.05) is 31.9 Å². The molecule has 158 valence electrons. The van der Waals surface area contributed by atoms with Crippen molar-refractivity contribution >= 4 is 23.6 Å². The number of benzene rings is 1. The van der Waals surface area contributed by atoms with E-state index >= 15 is 0 Å². The monoisotopic (exact) mass is 428 g/mol. The van der Waals surface area contributed by atoms with E-state index < -0.39 is 6.04 Å². The Morgan fingerprint density at radius 1 is 1.13 bits per heavy atom. The lowest BCUT2D eigenvalue weighted by Crippen LogP contribution is -2.58. The maximum Gasteiger partial charge on any atom is 0.246 e. The highest BCUT2D eigenvalue weighted by atomic mass is 32.2. The second-order valence-corrected chi connectivity index (χ2v) is 8.84. The molecule has 4 rings (SSSR count). The Bertz CT molecular complexity index is 890. The third-order valence-corrected chi connectivity index (χ3v) is 6.84. The largest absolute Gasteiger partial charge is 0.343 e. The van der Waals surface area contributed by atoms with E-state index in [0.29, 0.717) is 30.8 Å². The number of rotatable bonds is 5. The highest BCUT2D eigenvalue weighted by Gasteiger charge is 2.35. The van der Waals surface area contributed by atoms with Crippen LogP contribution in [0.2, 0.25) is 0 Å². The fourth-order valence-corrected chi connectivity index (χ4v) is 4.98. The summed E-state index contributed by atoms with van der Waals surface area (Å²) in [7, 11) is 0. The number of nitrogens with zero attached hydrogens (tertiary/aromatic N) is 3. The molecular formula is C22H25FN4O2S. The fourth-order valence-electron chi connectivity index (χ4n) is 3.81. The van der Waals surface area contributed by atoms with Gasteiger partial charge in [0.2, 0.25) is 11.8 Å². The van der Waals surface area contributed by atoms with Crippen molar-refractivity contribution in [1.29, 1.82) is 0 Å². The number of carbonyl (C=O) groups is 2. The third-order valence-electron chi connectivity index (χ3n) is 5.53. The number of thioether (sulfide) groups is 1. The quantitative estimate of drug-likeness (QED) is 0.786. The normalized spacial score (nSPS) is 22.6. The first-order valence-electron chi connectivity index (χ1n) is 10.2. The first kappa shape index (κ1) is 20.8. The van der Waals surface area contributed by atoms with Gasteiger partial charge in [-0.05, 0) is 30.2 Å². The van der Waals surface area contributed by atoms with Crippen LogP contribution in [0.25, 0.3) is 0 Å². The number of carbonyl (C=O) groups excluding carboxylic acids is 2. The molecule has 2 saturated heterocycles. The summed E-state index contributed by atoms with van der Waals surface area (Å²) in [6.45, 7) is 3.62.